The number of benzene rings is 3. The SMILES string of the molecule is CC(=O)Nc1cccc2c(=O)c(Cl)c3sc4ccccc4nc-3c12. The number of carbonyl (C=O) groups is 1. The Labute approximate surface area is 146 Å². The predicted octanol–water partition coefficient (Wildman–Crippen LogP) is 4.53. The van der Waals surface area contributed by atoms with Crippen LogP contribution in [0.4, 0.5) is 5.69 Å². The summed E-state index contributed by atoms with van der Waals surface area (Å²) in [6.45, 7) is 1.43. The topological polar surface area (TPSA) is 59.1 Å². The molecule has 2 aromatic rings. The second kappa shape index (κ2) is 5.54. The van der Waals surface area contributed by atoms with Crippen molar-refractivity contribution >= 4 is 55.5 Å². The molecule has 4 rings (SSSR count). The van der Waals surface area contributed by atoms with Crippen molar-refractivity contribution in [3.05, 3.63) is 57.7 Å². The molecular formula is C18H11ClN2O2S. The summed E-state index contributed by atoms with van der Waals surface area (Å²) in [5, 5.41) is 4.02. The van der Waals surface area contributed by atoms with Gasteiger partial charge in [-0.05, 0) is 18.2 Å². The lowest BCUT2D eigenvalue weighted by molar-refractivity contribution is -0.114. The van der Waals surface area contributed by atoms with Crippen LogP contribution < -0.4 is 10.7 Å². The highest BCUT2D eigenvalue weighted by molar-refractivity contribution is 7.22. The molecule has 6 heteroatoms. The summed E-state index contributed by atoms with van der Waals surface area (Å²) in [7, 11) is 0. The van der Waals surface area contributed by atoms with Gasteiger partial charge in [-0.25, -0.2) is 4.98 Å². The van der Waals surface area contributed by atoms with Gasteiger partial charge in [0.05, 0.1) is 26.5 Å². The standard InChI is InChI=1S/C18H11ClN2O2S/c1-9(22)20-12-7-4-5-10-14(12)16-18(15(19)17(10)23)24-13-8-3-2-6-11(13)21-16/h2-8H,1H3,(H,20,22). The van der Waals surface area contributed by atoms with Crippen LogP contribution in [-0.4, -0.2) is 10.9 Å². The molecule has 0 atom stereocenters. The fourth-order valence-corrected chi connectivity index (χ4v) is 4.11. The highest BCUT2D eigenvalue weighted by atomic mass is 35.5. The minimum atomic E-state index is -0.250. The van der Waals surface area contributed by atoms with E-state index in [-0.39, 0.29) is 16.4 Å². The first-order valence-electron chi connectivity index (χ1n) is 7.27. The Morgan fingerprint density at radius 3 is 2.75 bits per heavy atom. The maximum absolute atomic E-state index is 12.7. The average molecular weight is 355 g/mol. The minimum Gasteiger partial charge on any atom is -0.326 e. The van der Waals surface area contributed by atoms with E-state index < -0.39 is 0 Å². The molecule has 0 fully saturated rings. The molecule has 118 valence electrons. The van der Waals surface area contributed by atoms with Gasteiger partial charge in [0.1, 0.15) is 5.02 Å². The molecule has 0 unspecified atom stereocenters. The van der Waals surface area contributed by atoms with Gasteiger partial charge in [-0.3, -0.25) is 9.59 Å². The van der Waals surface area contributed by atoms with Gasteiger partial charge in [0.2, 0.25) is 11.3 Å². The molecule has 24 heavy (non-hydrogen) atoms. The molecule has 0 aromatic heterocycles. The number of hydrogen-bond donors (Lipinski definition) is 1. The van der Waals surface area contributed by atoms with Gasteiger partial charge in [0.15, 0.2) is 0 Å². The zero-order chi connectivity index (χ0) is 16.8. The van der Waals surface area contributed by atoms with Crippen LogP contribution in [0.2, 0.25) is 5.02 Å². The van der Waals surface area contributed by atoms with E-state index in [1.165, 1.54) is 18.3 Å². The number of amides is 1. The fraction of sp³-hybridized carbons (Fsp3) is 0.0556. The minimum absolute atomic E-state index is 0.167. The molecule has 0 saturated carbocycles. The lowest BCUT2D eigenvalue weighted by Crippen LogP contribution is -2.11. The lowest BCUT2D eigenvalue weighted by Gasteiger charge is -2.14. The third-order valence-electron chi connectivity index (χ3n) is 3.78. The van der Waals surface area contributed by atoms with E-state index in [9.17, 15) is 9.59 Å². The number of rotatable bonds is 1. The summed E-state index contributed by atoms with van der Waals surface area (Å²) >= 11 is 7.76. The largest absolute Gasteiger partial charge is 0.326 e. The summed E-state index contributed by atoms with van der Waals surface area (Å²) in [5.74, 6) is -0.206. The fourth-order valence-electron chi connectivity index (χ4n) is 2.80. The number of nitrogens with zero attached hydrogens (tertiary/aromatic N) is 1. The number of para-hydroxylation sites is 1. The molecule has 1 heterocycles. The summed E-state index contributed by atoms with van der Waals surface area (Å²) in [5.41, 5.74) is 1.76. The van der Waals surface area contributed by atoms with Crippen LogP contribution in [0, 0.1) is 0 Å². The second-order valence-corrected chi connectivity index (χ2v) is 6.84. The van der Waals surface area contributed by atoms with Gasteiger partial charge in [0, 0.05) is 17.7 Å². The molecule has 1 amide bonds. The number of carbonyl (C=O) groups excluding carboxylic acids is 1. The van der Waals surface area contributed by atoms with Crippen molar-refractivity contribution in [3.8, 4) is 10.6 Å². The lowest BCUT2D eigenvalue weighted by atomic mass is 10.0. The molecule has 2 aromatic carbocycles. The van der Waals surface area contributed by atoms with Gasteiger partial charge < -0.3 is 5.32 Å². The quantitative estimate of drug-likeness (QED) is 0.403. The van der Waals surface area contributed by atoms with Gasteiger partial charge in [0.25, 0.3) is 0 Å². The first kappa shape index (κ1) is 15.1. The van der Waals surface area contributed by atoms with Crippen molar-refractivity contribution in [2.45, 2.75) is 6.92 Å². The van der Waals surface area contributed by atoms with Crippen molar-refractivity contribution in [1.29, 1.82) is 0 Å². The van der Waals surface area contributed by atoms with Crippen LogP contribution in [-0.2, 0) is 4.79 Å². The Kier molecular flexibility index (Phi) is 3.48. The molecular weight excluding hydrogens is 344 g/mol. The van der Waals surface area contributed by atoms with E-state index in [2.05, 4.69) is 5.32 Å². The molecule has 0 saturated heterocycles. The predicted molar refractivity (Wildman–Crippen MR) is 99.3 cm³/mol. The molecule has 1 aliphatic heterocycles. The summed E-state index contributed by atoms with van der Waals surface area (Å²) in [6, 6.07) is 12.9. The average Bonchev–Trinajstić information content (AvgIpc) is 2.58. The summed E-state index contributed by atoms with van der Waals surface area (Å²) in [4.78, 5) is 29.5. The number of halogens is 1. The Bertz CT molecular complexity index is 1150. The Morgan fingerprint density at radius 1 is 1.17 bits per heavy atom. The van der Waals surface area contributed by atoms with Gasteiger partial charge in [-0.15, -0.1) is 11.3 Å². The smallest absolute Gasteiger partial charge is 0.221 e. The maximum atomic E-state index is 12.7. The van der Waals surface area contributed by atoms with Crippen molar-refractivity contribution < 1.29 is 4.79 Å². The molecule has 0 spiro atoms. The molecule has 1 aliphatic carbocycles. The first-order valence-corrected chi connectivity index (χ1v) is 8.47. The van der Waals surface area contributed by atoms with Crippen LogP contribution in [0.3, 0.4) is 0 Å². The number of aromatic nitrogens is 1. The van der Waals surface area contributed by atoms with Gasteiger partial charge in [-0.2, -0.15) is 0 Å². The van der Waals surface area contributed by atoms with Crippen molar-refractivity contribution in [3.63, 3.8) is 0 Å². The van der Waals surface area contributed by atoms with E-state index in [4.69, 9.17) is 16.6 Å². The van der Waals surface area contributed by atoms with Crippen molar-refractivity contribution in [2.24, 2.45) is 0 Å². The van der Waals surface area contributed by atoms with Gasteiger partial charge >= 0.3 is 0 Å². The molecule has 2 aliphatic rings. The van der Waals surface area contributed by atoms with Crippen molar-refractivity contribution in [1.82, 2.24) is 4.98 Å². The zero-order valence-electron chi connectivity index (χ0n) is 12.6. The van der Waals surface area contributed by atoms with E-state index in [0.717, 1.165) is 10.2 Å². The van der Waals surface area contributed by atoms with Crippen LogP contribution in [0.1, 0.15) is 6.92 Å². The van der Waals surface area contributed by atoms with E-state index in [1.807, 2.05) is 24.3 Å². The number of nitrogens with one attached hydrogen (secondary N) is 1. The summed E-state index contributed by atoms with van der Waals surface area (Å²) < 4.78 is 0.947. The molecule has 0 radical (unpaired) electrons. The normalized spacial score (nSPS) is 11.2. The molecule has 1 N–H and O–H groups in total. The third-order valence-corrected chi connectivity index (χ3v) is 5.42. The second-order valence-electron chi connectivity index (χ2n) is 5.41. The Balaban J connectivity index is 2.25. The molecule has 0 bridgehead atoms. The van der Waals surface area contributed by atoms with E-state index >= 15 is 0 Å². The molecule has 4 nitrogen and oxygen atoms in total. The van der Waals surface area contributed by atoms with Crippen LogP contribution in [0.25, 0.3) is 31.6 Å². The van der Waals surface area contributed by atoms with Crippen molar-refractivity contribution in [2.75, 3.05) is 5.32 Å². The highest BCUT2D eigenvalue weighted by Crippen LogP contribution is 2.41. The maximum Gasteiger partial charge on any atom is 0.221 e. The first-order chi connectivity index (χ1) is 11.6. The van der Waals surface area contributed by atoms with Crippen LogP contribution >= 0.6 is 22.9 Å². The van der Waals surface area contributed by atoms with E-state index in [1.54, 1.807) is 18.2 Å². The third kappa shape index (κ3) is 2.25. The van der Waals surface area contributed by atoms with Gasteiger partial charge in [-0.1, -0.05) is 35.9 Å². The Hall–Kier alpha value is -2.50. The zero-order valence-corrected chi connectivity index (χ0v) is 14.2. The Morgan fingerprint density at radius 2 is 1.96 bits per heavy atom. The highest BCUT2D eigenvalue weighted by Gasteiger charge is 2.21. The monoisotopic (exact) mass is 354 g/mol. The van der Waals surface area contributed by atoms with E-state index in [0.29, 0.717) is 27.0 Å². The number of fused-ring (bicyclic) bond motifs is 4. The number of anilines is 1. The number of hydrogen-bond acceptors (Lipinski definition) is 4. The van der Waals surface area contributed by atoms with Crippen LogP contribution in [0.5, 0.6) is 0 Å². The summed E-state index contributed by atoms with van der Waals surface area (Å²) in [6.07, 6.45) is 0. The van der Waals surface area contributed by atoms with Crippen LogP contribution in [0.15, 0.2) is 47.3 Å².